The Morgan fingerprint density at radius 1 is 1.04 bits per heavy atom. The maximum absolute atomic E-state index is 13.4. The number of aliphatic hydroxyl groups is 1. The van der Waals surface area contributed by atoms with Gasteiger partial charge in [0.1, 0.15) is 0 Å². The molecule has 4 heteroatoms. The molecule has 1 aliphatic heterocycles. The molecule has 2 atom stereocenters. The Morgan fingerprint density at radius 2 is 1.52 bits per heavy atom. The van der Waals surface area contributed by atoms with E-state index < -0.39 is 5.60 Å². The summed E-state index contributed by atoms with van der Waals surface area (Å²) in [5, 5.41) is 14.8. The highest BCUT2D eigenvalue weighted by molar-refractivity contribution is 5.90. The van der Waals surface area contributed by atoms with Gasteiger partial charge in [0.2, 0.25) is 0 Å². The molecule has 2 fully saturated rings. The zero-order valence-electron chi connectivity index (χ0n) is 14.4. The van der Waals surface area contributed by atoms with E-state index in [1.165, 1.54) is 0 Å². The fraction of sp³-hybridized carbons (Fsp3) is 0.381. The van der Waals surface area contributed by atoms with Gasteiger partial charge in [0, 0.05) is 13.1 Å². The maximum Gasteiger partial charge on any atom is 0.263 e. The Balaban J connectivity index is 1.63. The van der Waals surface area contributed by atoms with Gasteiger partial charge in [-0.2, -0.15) is 0 Å². The summed E-state index contributed by atoms with van der Waals surface area (Å²) in [6.07, 6.45) is 0. The van der Waals surface area contributed by atoms with Gasteiger partial charge in [-0.25, -0.2) is 0 Å². The molecule has 2 unspecified atom stereocenters. The number of fused-ring (bicyclic) bond motifs is 1. The first-order valence-corrected chi connectivity index (χ1v) is 8.93. The minimum Gasteiger partial charge on any atom is -0.372 e. The smallest absolute Gasteiger partial charge is 0.263 e. The highest BCUT2D eigenvalue weighted by Gasteiger charge is 2.58. The quantitative estimate of drug-likeness (QED) is 0.876. The molecule has 0 spiro atoms. The molecule has 0 radical (unpaired) electrons. The van der Waals surface area contributed by atoms with Crippen molar-refractivity contribution >= 4 is 5.91 Å². The molecule has 0 aromatic heterocycles. The second kappa shape index (κ2) is 6.28. The number of carbonyl (C=O) groups is 1. The maximum atomic E-state index is 13.4. The molecule has 2 N–H and O–H groups in total. The lowest BCUT2D eigenvalue weighted by Crippen LogP contribution is -2.48. The number of hydrogen-bond donors (Lipinski definition) is 2. The van der Waals surface area contributed by atoms with E-state index in [-0.39, 0.29) is 5.91 Å². The number of rotatable bonds is 5. The van der Waals surface area contributed by atoms with Crippen LogP contribution >= 0.6 is 0 Å². The van der Waals surface area contributed by atoms with E-state index in [9.17, 15) is 9.90 Å². The molecule has 2 aromatic carbocycles. The summed E-state index contributed by atoms with van der Waals surface area (Å²) in [5.41, 5.74) is -0.380. The number of piperidine rings is 1. The third-order valence-corrected chi connectivity index (χ3v) is 5.79. The normalized spacial score (nSPS) is 24.9. The second-order valence-corrected chi connectivity index (χ2v) is 7.20. The molecular formula is C21H24N2O2. The van der Waals surface area contributed by atoms with Gasteiger partial charge >= 0.3 is 0 Å². The largest absolute Gasteiger partial charge is 0.372 e. The van der Waals surface area contributed by atoms with E-state index in [4.69, 9.17) is 0 Å². The molecule has 0 bridgehead atoms. The predicted octanol–water partition coefficient (Wildman–Crippen LogP) is 1.85. The van der Waals surface area contributed by atoms with Crippen LogP contribution in [0.5, 0.6) is 0 Å². The van der Waals surface area contributed by atoms with Crippen LogP contribution in [-0.4, -0.2) is 42.6 Å². The number of nitrogens with zero attached hydrogens (tertiary/aromatic N) is 1. The Kier molecular flexibility index (Phi) is 4.10. The molecule has 4 rings (SSSR count). The number of benzene rings is 2. The van der Waals surface area contributed by atoms with E-state index in [2.05, 4.69) is 5.32 Å². The lowest BCUT2D eigenvalue weighted by molar-refractivity contribution is -0.147. The average molecular weight is 336 g/mol. The number of amides is 1. The van der Waals surface area contributed by atoms with E-state index >= 15 is 0 Å². The SMILES string of the molecule is CNCC1C2CN(C(=O)C(O)(c3ccccc3)c3ccccc3)CC12. The number of likely N-dealkylation sites (tertiary alicyclic amines) is 1. The van der Waals surface area contributed by atoms with Crippen LogP contribution in [0.4, 0.5) is 0 Å². The monoisotopic (exact) mass is 336 g/mol. The van der Waals surface area contributed by atoms with Crippen molar-refractivity contribution in [3.63, 3.8) is 0 Å². The van der Waals surface area contributed by atoms with E-state index in [1.54, 1.807) is 0 Å². The van der Waals surface area contributed by atoms with Crippen LogP contribution in [0.2, 0.25) is 0 Å². The van der Waals surface area contributed by atoms with Crippen LogP contribution in [0.1, 0.15) is 11.1 Å². The second-order valence-electron chi connectivity index (χ2n) is 7.20. The molecule has 1 amide bonds. The van der Waals surface area contributed by atoms with Crippen molar-refractivity contribution in [2.45, 2.75) is 5.60 Å². The Hall–Kier alpha value is -2.17. The van der Waals surface area contributed by atoms with Crippen molar-refractivity contribution in [2.75, 3.05) is 26.7 Å². The first-order valence-electron chi connectivity index (χ1n) is 8.93. The summed E-state index contributed by atoms with van der Waals surface area (Å²) < 4.78 is 0. The van der Waals surface area contributed by atoms with Crippen LogP contribution in [-0.2, 0) is 10.4 Å². The summed E-state index contributed by atoms with van der Waals surface area (Å²) >= 11 is 0. The zero-order chi connectivity index (χ0) is 17.4. The van der Waals surface area contributed by atoms with Gasteiger partial charge in [-0.3, -0.25) is 4.79 Å². The highest BCUT2D eigenvalue weighted by atomic mass is 16.3. The summed E-state index contributed by atoms with van der Waals surface area (Å²) in [5.74, 6) is 1.62. The number of carbonyl (C=O) groups excluding carboxylic acids is 1. The van der Waals surface area contributed by atoms with E-state index in [0.717, 1.165) is 19.6 Å². The molecule has 2 aromatic rings. The summed E-state index contributed by atoms with van der Waals surface area (Å²) in [7, 11) is 1.97. The minimum absolute atomic E-state index is 0.208. The molecule has 2 aliphatic rings. The molecule has 4 nitrogen and oxygen atoms in total. The third-order valence-electron chi connectivity index (χ3n) is 5.79. The Labute approximate surface area is 148 Å². The van der Waals surface area contributed by atoms with Crippen molar-refractivity contribution in [1.82, 2.24) is 10.2 Å². The first-order chi connectivity index (χ1) is 12.2. The van der Waals surface area contributed by atoms with Crippen LogP contribution in [0.25, 0.3) is 0 Å². The average Bonchev–Trinajstić information content (AvgIpc) is 3.11. The Morgan fingerprint density at radius 3 is 1.96 bits per heavy atom. The highest BCUT2D eigenvalue weighted by Crippen LogP contribution is 2.52. The molecule has 1 saturated heterocycles. The van der Waals surface area contributed by atoms with Gasteiger partial charge in [-0.15, -0.1) is 0 Å². The fourth-order valence-electron chi connectivity index (χ4n) is 4.35. The van der Waals surface area contributed by atoms with Crippen molar-refractivity contribution in [3.8, 4) is 0 Å². The zero-order valence-corrected chi connectivity index (χ0v) is 14.4. The third kappa shape index (κ3) is 2.66. The topological polar surface area (TPSA) is 52.6 Å². The summed E-state index contributed by atoms with van der Waals surface area (Å²) in [6, 6.07) is 18.5. The molecule has 1 aliphatic carbocycles. The Bertz CT molecular complexity index is 696. The van der Waals surface area contributed by atoms with Crippen molar-refractivity contribution in [2.24, 2.45) is 17.8 Å². The van der Waals surface area contributed by atoms with Crippen LogP contribution in [0.15, 0.2) is 60.7 Å². The fourth-order valence-corrected chi connectivity index (χ4v) is 4.35. The minimum atomic E-state index is -1.63. The van der Waals surface area contributed by atoms with Crippen LogP contribution in [0, 0.1) is 17.8 Å². The van der Waals surface area contributed by atoms with Crippen LogP contribution < -0.4 is 5.32 Å². The molecule has 25 heavy (non-hydrogen) atoms. The van der Waals surface area contributed by atoms with Gasteiger partial charge in [0.25, 0.3) is 5.91 Å². The molecule has 1 saturated carbocycles. The molecule has 1 heterocycles. The number of hydrogen-bond acceptors (Lipinski definition) is 3. The summed E-state index contributed by atoms with van der Waals surface area (Å²) in [4.78, 5) is 15.2. The van der Waals surface area contributed by atoms with Crippen molar-refractivity contribution in [1.29, 1.82) is 0 Å². The lowest BCUT2D eigenvalue weighted by atomic mass is 9.85. The predicted molar refractivity (Wildman–Crippen MR) is 96.9 cm³/mol. The van der Waals surface area contributed by atoms with Crippen LogP contribution in [0.3, 0.4) is 0 Å². The van der Waals surface area contributed by atoms with Gasteiger partial charge in [-0.05, 0) is 42.5 Å². The first kappa shape index (κ1) is 16.3. The number of nitrogens with one attached hydrogen (secondary N) is 1. The molecule has 130 valence electrons. The van der Waals surface area contributed by atoms with Gasteiger partial charge in [0.05, 0.1) is 0 Å². The van der Waals surface area contributed by atoms with Gasteiger partial charge < -0.3 is 15.3 Å². The lowest BCUT2D eigenvalue weighted by Gasteiger charge is -2.33. The van der Waals surface area contributed by atoms with E-state index in [0.29, 0.717) is 28.9 Å². The summed E-state index contributed by atoms with van der Waals surface area (Å²) in [6.45, 7) is 2.51. The van der Waals surface area contributed by atoms with Crippen molar-refractivity contribution < 1.29 is 9.90 Å². The van der Waals surface area contributed by atoms with Crippen molar-refractivity contribution in [3.05, 3.63) is 71.8 Å². The van der Waals surface area contributed by atoms with Gasteiger partial charge in [0.15, 0.2) is 5.60 Å². The van der Waals surface area contributed by atoms with E-state index in [1.807, 2.05) is 72.6 Å². The molecular weight excluding hydrogens is 312 g/mol. The standard InChI is InChI=1S/C21H24N2O2/c1-22-12-17-18-13-23(14-19(17)18)20(24)21(25,15-8-4-2-5-9-15)16-10-6-3-7-11-16/h2-11,17-19,22,25H,12-14H2,1H3. The van der Waals surface area contributed by atoms with Gasteiger partial charge in [-0.1, -0.05) is 60.7 Å².